The van der Waals surface area contributed by atoms with Gasteiger partial charge in [-0.3, -0.25) is 4.68 Å². The van der Waals surface area contributed by atoms with Gasteiger partial charge in [0.15, 0.2) is 0 Å². The first-order valence-electron chi connectivity index (χ1n) is 4.40. The molecule has 1 rings (SSSR count). The SMILES string of the molecule is CC.CC(C)c1cn(C)nc1N. The lowest BCUT2D eigenvalue weighted by Crippen LogP contribution is -1.93. The molecular weight excluding hydrogens is 150 g/mol. The van der Waals surface area contributed by atoms with E-state index in [1.54, 1.807) is 4.68 Å². The molecule has 0 radical (unpaired) electrons. The summed E-state index contributed by atoms with van der Waals surface area (Å²) in [5.74, 6) is 1.12. The number of aryl methyl sites for hydroxylation is 1. The molecule has 0 amide bonds. The molecule has 2 N–H and O–H groups in total. The Balaban J connectivity index is 0.000000561. The van der Waals surface area contributed by atoms with Crippen molar-refractivity contribution in [3.8, 4) is 0 Å². The minimum Gasteiger partial charge on any atom is -0.382 e. The molecule has 70 valence electrons. The fourth-order valence-electron chi connectivity index (χ4n) is 0.969. The van der Waals surface area contributed by atoms with Gasteiger partial charge in [0.05, 0.1) is 0 Å². The van der Waals surface area contributed by atoms with Crippen molar-refractivity contribution in [2.45, 2.75) is 33.6 Å². The summed E-state index contributed by atoms with van der Waals surface area (Å²) in [5, 5.41) is 4.03. The Bertz CT molecular complexity index is 226. The van der Waals surface area contributed by atoms with Gasteiger partial charge < -0.3 is 5.73 Å². The zero-order chi connectivity index (χ0) is 9.72. The first-order valence-corrected chi connectivity index (χ1v) is 4.40. The van der Waals surface area contributed by atoms with E-state index in [1.165, 1.54) is 0 Å². The van der Waals surface area contributed by atoms with E-state index < -0.39 is 0 Å². The van der Waals surface area contributed by atoms with Crippen LogP contribution in [-0.2, 0) is 7.05 Å². The average molecular weight is 169 g/mol. The second-order valence-corrected chi connectivity index (χ2v) is 2.80. The predicted molar refractivity (Wildman–Crippen MR) is 53.1 cm³/mol. The highest BCUT2D eigenvalue weighted by molar-refractivity contribution is 5.39. The summed E-state index contributed by atoms with van der Waals surface area (Å²) < 4.78 is 1.74. The number of nitrogens with zero attached hydrogens (tertiary/aromatic N) is 2. The molecule has 0 spiro atoms. The molecule has 12 heavy (non-hydrogen) atoms. The predicted octanol–water partition coefficient (Wildman–Crippen LogP) is 2.15. The topological polar surface area (TPSA) is 43.8 Å². The molecular formula is C9H19N3. The van der Waals surface area contributed by atoms with Gasteiger partial charge in [0.1, 0.15) is 5.82 Å². The van der Waals surface area contributed by atoms with Gasteiger partial charge in [-0.2, -0.15) is 5.10 Å². The Morgan fingerprint density at radius 2 is 1.92 bits per heavy atom. The molecule has 1 aromatic heterocycles. The van der Waals surface area contributed by atoms with E-state index in [4.69, 9.17) is 5.73 Å². The van der Waals surface area contributed by atoms with Crippen molar-refractivity contribution in [3.05, 3.63) is 11.8 Å². The molecule has 0 aliphatic rings. The molecule has 0 aromatic carbocycles. The monoisotopic (exact) mass is 169 g/mol. The van der Waals surface area contributed by atoms with Gasteiger partial charge in [0.2, 0.25) is 0 Å². The van der Waals surface area contributed by atoms with E-state index in [1.807, 2.05) is 27.1 Å². The van der Waals surface area contributed by atoms with Crippen molar-refractivity contribution in [2.24, 2.45) is 7.05 Å². The molecule has 0 unspecified atom stereocenters. The van der Waals surface area contributed by atoms with Gasteiger partial charge >= 0.3 is 0 Å². The zero-order valence-electron chi connectivity index (χ0n) is 8.63. The van der Waals surface area contributed by atoms with Crippen LogP contribution in [0, 0.1) is 0 Å². The third-order valence-corrected chi connectivity index (χ3v) is 1.51. The lowest BCUT2D eigenvalue weighted by Gasteiger charge is -1.98. The molecule has 1 aromatic rings. The molecule has 1 heterocycles. The Morgan fingerprint density at radius 1 is 1.42 bits per heavy atom. The van der Waals surface area contributed by atoms with Crippen molar-refractivity contribution in [1.29, 1.82) is 0 Å². The summed E-state index contributed by atoms with van der Waals surface area (Å²) in [6.07, 6.45) is 1.96. The van der Waals surface area contributed by atoms with Gasteiger partial charge in [-0.05, 0) is 5.92 Å². The Morgan fingerprint density at radius 3 is 2.08 bits per heavy atom. The third-order valence-electron chi connectivity index (χ3n) is 1.51. The molecule has 0 aliphatic heterocycles. The van der Waals surface area contributed by atoms with Crippen LogP contribution in [0.15, 0.2) is 6.20 Å². The first kappa shape index (κ1) is 11.0. The summed E-state index contributed by atoms with van der Waals surface area (Å²) in [6.45, 7) is 8.21. The number of nitrogens with two attached hydrogens (primary N) is 1. The number of aromatic nitrogens is 2. The highest BCUT2D eigenvalue weighted by Crippen LogP contribution is 2.18. The number of nitrogen functional groups attached to an aromatic ring is 1. The molecule has 3 heteroatoms. The van der Waals surface area contributed by atoms with Gasteiger partial charge in [-0.25, -0.2) is 0 Å². The van der Waals surface area contributed by atoms with E-state index in [0.717, 1.165) is 5.56 Å². The van der Waals surface area contributed by atoms with Gasteiger partial charge in [0.25, 0.3) is 0 Å². The second-order valence-electron chi connectivity index (χ2n) is 2.80. The molecule has 0 saturated carbocycles. The van der Waals surface area contributed by atoms with Crippen LogP contribution in [0.25, 0.3) is 0 Å². The smallest absolute Gasteiger partial charge is 0.148 e. The van der Waals surface area contributed by atoms with E-state index >= 15 is 0 Å². The standard InChI is InChI=1S/C7H13N3.C2H6/c1-5(2)6-4-10(3)9-7(6)8;1-2/h4-5H,1-3H3,(H2,8,9);1-2H3. The highest BCUT2D eigenvalue weighted by atomic mass is 15.3. The molecule has 0 saturated heterocycles. The van der Waals surface area contributed by atoms with Crippen LogP contribution >= 0.6 is 0 Å². The fourth-order valence-corrected chi connectivity index (χ4v) is 0.969. The zero-order valence-corrected chi connectivity index (χ0v) is 8.63. The van der Waals surface area contributed by atoms with Gasteiger partial charge in [0, 0.05) is 18.8 Å². The van der Waals surface area contributed by atoms with E-state index in [-0.39, 0.29) is 0 Å². The maximum atomic E-state index is 5.61. The van der Waals surface area contributed by atoms with E-state index in [9.17, 15) is 0 Å². The van der Waals surface area contributed by atoms with Crippen LogP contribution in [0.2, 0.25) is 0 Å². The lowest BCUT2D eigenvalue weighted by atomic mass is 10.1. The van der Waals surface area contributed by atoms with Crippen LogP contribution in [0.3, 0.4) is 0 Å². The van der Waals surface area contributed by atoms with Crippen molar-refractivity contribution in [3.63, 3.8) is 0 Å². The normalized spacial score (nSPS) is 9.50. The van der Waals surface area contributed by atoms with Crippen LogP contribution in [0.5, 0.6) is 0 Å². The van der Waals surface area contributed by atoms with Crippen LogP contribution in [-0.4, -0.2) is 9.78 Å². The summed E-state index contributed by atoms with van der Waals surface area (Å²) in [5.41, 5.74) is 6.74. The van der Waals surface area contributed by atoms with Crippen LogP contribution in [0.4, 0.5) is 5.82 Å². The number of rotatable bonds is 1. The molecule has 3 nitrogen and oxygen atoms in total. The highest BCUT2D eigenvalue weighted by Gasteiger charge is 2.06. The maximum Gasteiger partial charge on any atom is 0.148 e. The van der Waals surface area contributed by atoms with Crippen LogP contribution < -0.4 is 5.73 Å². The number of hydrogen-bond acceptors (Lipinski definition) is 2. The van der Waals surface area contributed by atoms with Crippen molar-refractivity contribution >= 4 is 5.82 Å². The largest absolute Gasteiger partial charge is 0.382 e. The lowest BCUT2D eigenvalue weighted by molar-refractivity contribution is 0.767. The molecule has 0 fully saturated rings. The fraction of sp³-hybridized carbons (Fsp3) is 0.667. The summed E-state index contributed by atoms with van der Waals surface area (Å²) in [6, 6.07) is 0. The Hall–Kier alpha value is -0.990. The van der Waals surface area contributed by atoms with E-state index in [0.29, 0.717) is 11.7 Å². The minimum absolute atomic E-state index is 0.466. The average Bonchev–Trinajstić information content (AvgIpc) is 2.34. The molecule has 0 atom stereocenters. The van der Waals surface area contributed by atoms with Gasteiger partial charge in [-0.1, -0.05) is 27.7 Å². The molecule has 0 bridgehead atoms. The maximum absolute atomic E-state index is 5.61. The third kappa shape index (κ3) is 2.57. The van der Waals surface area contributed by atoms with Crippen molar-refractivity contribution in [2.75, 3.05) is 5.73 Å². The molecule has 0 aliphatic carbocycles. The van der Waals surface area contributed by atoms with Crippen molar-refractivity contribution < 1.29 is 0 Å². The van der Waals surface area contributed by atoms with E-state index in [2.05, 4.69) is 18.9 Å². The van der Waals surface area contributed by atoms with Crippen molar-refractivity contribution in [1.82, 2.24) is 9.78 Å². The summed E-state index contributed by atoms with van der Waals surface area (Å²) in [7, 11) is 1.88. The number of hydrogen-bond donors (Lipinski definition) is 1. The summed E-state index contributed by atoms with van der Waals surface area (Å²) >= 11 is 0. The Kier molecular flexibility index (Phi) is 4.40. The quantitative estimate of drug-likeness (QED) is 0.700. The first-order chi connectivity index (χ1) is 5.61. The van der Waals surface area contributed by atoms with Crippen LogP contribution in [0.1, 0.15) is 39.2 Å². The Labute approximate surface area is 74.6 Å². The van der Waals surface area contributed by atoms with Gasteiger partial charge in [-0.15, -0.1) is 0 Å². The summed E-state index contributed by atoms with van der Waals surface area (Å²) in [4.78, 5) is 0. The number of anilines is 1. The minimum atomic E-state index is 0.466. The second kappa shape index (κ2) is 4.80.